The fourth-order valence-electron chi connectivity index (χ4n) is 9.00. The number of aromatic nitrogens is 3. The van der Waals surface area contributed by atoms with Crippen molar-refractivity contribution in [2.24, 2.45) is 0 Å². The molecule has 0 atom stereocenters. The Hall–Kier alpha value is -7.49. The lowest BCUT2D eigenvalue weighted by molar-refractivity contribution is 0.769. The second kappa shape index (κ2) is 13.4. The predicted octanol–water partition coefficient (Wildman–Crippen LogP) is 13.2. The molecular weight excluding hydrogens is 691 g/mol. The molecule has 0 spiro atoms. The van der Waals surface area contributed by atoms with Crippen LogP contribution < -0.4 is 0 Å². The van der Waals surface area contributed by atoms with E-state index in [0.29, 0.717) is 5.82 Å². The van der Waals surface area contributed by atoms with Crippen LogP contribution in [0.3, 0.4) is 0 Å². The van der Waals surface area contributed by atoms with Crippen LogP contribution in [0.25, 0.3) is 78.0 Å². The van der Waals surface area contributed by atoms with Gasteiger partial charge < -0.3 is 0 Å². The number of fused-ring (bicyclic) bond motifs is 6. The first-order chi connectivity index (χ1) is 28.3. The van der Waals surface area contributed by atoms with E-state index in [1.54, 1.807) is 0 Å². The fraction of sp³-hybridized carbons (Fsp3) is 0.0185. The van der Waals surface area contributed by atoms with E-state index >= 15 is 0 Å². The van der Waals surface area contributed by atoms with Gasteiger partial charge in [0, 0.05) is 33.0 Å². The summed E-state index contributed by atoms with van der Waals surface area (Å²) in [5.74, 6) is 0.674. The van der Waals surface area contributed by atoms with Gasteiger partial charge in [-0.05, 0) is 69.1 Å². The average molecular weight is 726 g/mol. The Balaban J connectivity index is 1.16. The summed E-state index contributed by atoms with van der Waals surface area (Å²) in [5, 5.41) is 3.42. The van der Waals surface area contributed by atoms with Gasteiger partial charge in [0.05, 0.1) is 28.0 Å². The monoisotopic (exact) mass is 725 g/mol. The van der Waals surface area contributed by atoms with Crippen molar-refractivity contribution >= 4 is 21.7 Å². The average Bonchev–Trinajstić information content (AvgIpc) is 3.59. The van der Waals surface area contributed by atoms with Gasteiger partial charge in [0.1, 0.15) is 0 Å². The third-order valence-corrected chi connectivity index (χ3v) is 11.5. The summed E-state index contributed by atoms with van der Waals surface area (Å²) in [6.07, 6.45) is 0. The standard InChI is InChI=1S/C54H35N3/c1-5-18-36(19-6-1)50-35-51(37-20-7-2-8-21-37)57-53(56-50)39-23-17-22-38(32-39)52-46-33-45-42-28-13-15-30-47(42)54(40-24-9-3-10-25-40,41-26-11-4-12-27-41)48(45)34-44(46)43-29-14-16-31-49(43)55-52/h1-35H. The molecule has 0 unspecified atom stereocenters. The SMILES string of the molecule is c1ccc(-c2cc(-c3ccccc3)nc(-c3cccc(-c4nc5ccccc5c5cc6c(cc45)-c4ccccc4C6(c4ccccc4)c4ccccc4)c3)n2)cc1. The Morgan fingerprint density at radius 2 is 0.860 bits per heavy atom. The van der Waals surface area contributed by atoms with Crippen molar-refractivity contribution in [3.05, 3.63) is 235 Å². The maximum Gasteiger partial charge on any atom is 0.160 e. The molecule has 2 aromatic heterocycles. The highest BCUT2D eigenvalue weighted by Crippen LogP contribution is 2.57. The second-order valence-corrected chi connectivity index (χ2v) is 14.7. The molecule has 11 rings (SSSR count). The van der Waals surface area contributed by atoms with Crippen molar-refractivity contribution in [3.63, 3.8) is 0 Å². The van der Waals surface area contributed by atoms with Crippen LogP contribution in [-0.2, 0) is 5.41 Å². The second-order valence-electron chi connectivity index (χ2n) is 14.7. The topological polar surface area (TPSA) is 38.7 Å². The zero-order valence-electron chi connectivity index (χ0n) is 31.0. The Morgan fingerprint density at radius 3 is 1.53 bits per heavy atom. The van der Waals surface area contributed by atoms with E-state index in [4.69, 9.17) is 15.0 Å². The van der Waals surface area contributed by atoms with E-state index in [9.17, 15) is 0 Å². The van der Waals surface area contributed by atoms with Crippen LogP contribution in [0.4, 0.5) is 0 Å². The first-order valence-corrected chi connectivity index (χ1v) is 19.4. The van der Waals surface area contributed by atoms with Crippen LogP contribution >= 0.6 is 0 Å². The number of nitrogens with zero attached hydrogens (tertiary/aromatic N) is 3. The zero-order chi connectivity index (χ0) is 37.8. The van der Waals surface area contributed by atoms with Crippen molar-refractivity contribution < 1.29 is 0 Å². The van der Waals surface area contributed by atoms with Crippen LogP contribution in [0.1, 0.15) is 22.3 Å². The molecule has 3 heteroatoms. The lowest BCUT2D eigenvalue weighted by Gasteiger charge is -2.34. The summed E-state index contributed by atoms with van der Waals surface area (Å²) in [6, 6.07) is 75.6. The van der Waals surface area contributed by atoms with Crippen molar-refractivity contribution in [1.82, 2.24) is 15.0 Å². The molecule has 0 N–H and O–H groups in total. The highest BCUT2D eigenvalue weighted by Gasteiger charge is 2.46. The van der Waals surface area contributed by atoms with E-state index in [0.717, 1.165) is 55.6 Å². The molecular formula is C54H35N3. The third-order valence-electron chi connectivity index (χ3n) is 11.5. The molecule has 1 aliphatic carbocycles. The molecule has 0 saturated heterocycles. The molecule has 57 heavy (non-hydrogen) atoms. The number of benzene rings is 8. The molecule has 266 valence electrons. The zero-order valence-corrected chi connectivity index (χ0v) is 31.0. The van der Waals surface area contributed by atoms with Crippen molar-refractivity contribution in [1.29, 1.82) is 0 Å². The van der Waals surface area contributed by atoms with Crippen molar-refractivity contribution in [2.75, 3.05) is 0 Å². The molecule has 0 aliphatic heterocycles. The third kappa shape index (κ3) is 5.32. The highest BCUT2D eigenvalue weighted by atomic mass is 14.9. The molecule has 0 radical (unpaired) electrons. The summed E-state index contributed by atoms with van der Waals surface area (Å²) in [6.45, 7) is 0. The predicted molar refractivity (Wildman–Crippen MR) is 234 cm³/mol. The van der Waals surface area contributed by atoms with Gasteiger partial charge in [-0.2, -0.15) is 0 Å². The number of rotatable bonds is 6. The summed E-state index contributed by atoms with van der Waals surface area (Å²) in [4.78, 5) is 15.8. The van der Waals surface area contributed by atoms with Gasteiger partial charge in [0.2, 0.25) is 0 Å². The van der Waals surface area contributed by atoms with Crippen molar-refractivity contribution in [3.8, 4) is 56.3 Å². The summed E-state index contributed by atoms with van der Waals surface area (Å²) in [7, 11) is 0. The van der Waals surface area contributed by atoms with Gasteiger partial charge >= 0.3 is 0 Å². The molecule has 0 saturated carbocycles. The van der Waals surface area contributed by atoms with Gasteiger partial charge in [0.15, 0.2) is 5.82 Å². The van der Waals surface area contributed by atoms with E-state index in [1.807, 2.05) is 12.1 Å². The van der Waals surface area contributed by atoms with E-state index in [1.165, 1.54) is 38.8 Å². The van der Waals surface area contributed by atoms with Crippen LogP contribution in [-0.4, -0.2) is 15.0 Å². The smallest absolute Gasteiger partial charge is 0.160 e. The molecule has 3 nitrogen and oxygen atoms in total. The number of para-hydroxylation sites is 1. The molecule has 10 aromatic rings. The minimum Gasteiger partial charge on any atom is -0.247 e. The molecule has 0 amide bonds. The van der Waals surface area contributed by atoms with Crippen LogP contribution in [0, 0.1) is 0 Å². The Labute approximate surface area is 331 Å². The molecule has 8 aromatic carbocycles. The van der Waals surface area contributed by atoms with Gasteiger partial charge in [-0.1, -0.05) is 182 Å². The quantitative estimate of drug-likeness (QED) is 0.160. The molecule has 2 heterocycles. The first-order valence-electron chi connectivity index (χ1n) is 19.4. The lowest BCUT2D eigenvalue weighted by atomic mass is 9.67. The minimum atomic E-state index is -0.495. The van der Waals surface area contributed by atoms with E-state index in [-0.39, 0.29) is 0 Å². The number of hydrogen-bond acceptors (Lipinski definition) is 3. The van der Waals surface area contributed by atoms with Crippen LogP contribution in [0.5, 0.6) is 0 Å². The van der Waals surface area contributed by atoms with Gasteiger partial charge in [-0.25, -0.2) is 15.0 Å². The van der Waals surface area contributed by atoms with Crippen LogP contribution in [0.15, 0.2) is 212 Å². The van der Waals surface area contributed by atoms with Crippen molar-refractivity contribution in [2.45, 2.75) is 5.41 Å². The Kier molecular flexibility index (Phi) is 7.71. The summed E-state index contributed by atoms with van der Waals surface area (Å²) in [5.41, 5.74) is 14.8. The maximum atomic E-state index is 5.43. The number of hydrogen-bond donors (Lipinski definition) is 0. The summed E-state index contributed by atoms with van der Waals surface area (Å²) >= 11 is 0. The van der Waals surface area contributed by atoms with Gasteiger partial charge in [0.25, 0.3) is 0 Å². The Morgan fingerprint density at radius 1 is 0.316 bits per heavy atom. The maximum absolute atomic E-state index is 5.43. The Bertz CT molecular complexity index is 3010. The fourth-order valence-corrected chi connectivity index (χ4v) is 9.00. The molecule has 0 bridgehead atoms. The number of pyridine rings is 1. The summed E-state index contributed by atoms with van der Waals surface area (Å²) < 4.78 is 0. The highest BCUT2D eigenvalue weighted by molar-refractivity contribution is 6.13. The molecule has 0 fully saturated rings. The van der Waals surface area contributed by atoms with Gasteiger partial charge in [-0.15, -0.1) is 0 Å². The molecule has 1 aliphatic rings. The minimum absolute atomic E-state index is 0.495. The van der Waals surface area contributed by atoms with E-state index < -0.39 is 5.41 Å². The van der Waals surface area contributed by atoms with Crippen LogP contribution in [0.2, 0.25) is 0 Å². The lowest BCUT2D eigenvalue weighted by Crippen LogP contribution is -2.28. The largest absolute Gasteiger partial charge is 0.247 e. The normalized spacial score (nSPS) is 12.7. The van der Waals surface area contributed by atoms with Gasteiger partial charge in [-0.3, -0.25) is 0 Å². The first kappa shape index (κ1) is 32.9. The van der Waals surface area contributed by atoms with E-state index in [2.05, 4.69) is 200 Å².